The van der Waals surface area contributed by atoms with Crippen molar-refractivity contribution in [3.63, 3.8) is 0 Å². The summed E-state index contributed by atoms with van der Waals surface area (Å²) in [5, 5.41) is 0.852. The Kier molecular flexibility index (Phi) is 4.49. The van der Waals surface area contributed by atoms with Gasteiger partial charge in [-0.15, -0.1) is 11.8 Å². The van der Waals surface area contributed by atoms with E-state index in [0.29, 0.717) is 21.9 Å². The number of benzene rings is 1. The summed E-state index contributed by atoms with van der Waals surface area (Å²) in [6, 6.07) is 8.30. The number of hydrogen-bond acceptors (Lipinski definition) is 3. The van der Waals surface area contributed by atoms with E-state index in [4.69, 9.17) is 23.2 Å². The molecule has 0 spiro atoms. The minimum Gasteiger partial charge on any atom is -0.220 e. The van der Waals surface area contributed by atoms with Crippen LogP contribution >= 0.6 is 35.0 Å². The highest BCUT2D eigenvalue weighted by Gasteiger charge is 2.07. The van der Waals surface area contributed by atoms with E-state index in [2.05, 4.69) is 35.1 Å². The van der Waals surface area contributed by atoms with Gasteiger partial charge in [-0.1, -0.05) is 40.9 Å². The van der Waals surface area contributed by atoms with Crippen LogP contribution in [-0.4, -0.2) is 9.97 Å². The Hall–Kier alpha value is -0.770. The molecule has 94 valence electrons. The third-order valence-corrected chi connectivity index (χ3v) is 4.16. The summed E-state index contributed by atoms with van der Waals surface area (Å²) in [6.45, 7) is 3.88. The first-order valence-corrected chi connectivity index (χ1v) is 7.18. The predicted octanol–water partition coefficient (Wildman–Crippen LogP) is 4.69. The van der Waals surface area contributed by atoms with Crippen LogP contribution in [-0.2, 0) is 5.75 Å². The van der Waals surface area contributed by atoms with E-state index in [0.717, 1.165) is 5.56 Å². The number of halogens is 2. The zero-order valence-corrected chi connectivity index (χ0v) is 12.4. The summed E-state index contributed by atoms with van der Waals surface area (Å²) in [5.41, 5.74) is 1.96. The molecule has 0 aliphatic carbocycles. The van der Waals surface area contributed by atoms with E-state index in [1.54, 1.807) is 11.8 Å². The number of hydrogen-bond donors (Lipinski definition) is 0. The number of aromatic nitrogens is 2. The summed E-state index contributed by atoms with van der Waals surface area (Å²) in [4.78, 5) is 9.63. The van der Waals surface area contributed by atoms with Gasteiger partial charge in [0.05, 0.1) is 5.75 Å². The third-order valence-electron chi connectivity index (χ3n) is 2.43. The van der Waals surface area contributed by atoms with Gasteiger partial charge < -0.3 is 0 Å². The van der Waals surface area contributed by atoms with Crippen molar-refractivity contribution >= 4 is 35.0 Å². The van der Waals surface area contributed by atoms with Gasteiger partial charge in [-0.3, -0.25) is 0 Å². The van der Waals surface area contributed by atoms with Gasteiger partial charge in [-0.2, -0.15) is 0 Å². The summed E-state index contributed by atoms with van der Waals surface area (Å²) in [6.07, 6.45) is 0. The minimum atomic E-state index is 0.426. The topological polar surface area (TPSA) is 25.8 Å². The van der Waals surface area contributed by atoms with Crippen molar-refractivity contribution in [2.24, 2.45) is 0 Å². The quantitative estimate of drug-likeness (QED) is 0.607. The van der Waals surface area contributed by atoms with Crippen LogP contribution in [0.1, 0.15) is 17.0 Å². The normalized spacial score (nSPS) is 10.7. The van der Waals surface area contributed by atoms with E-state index in [1.165, 1.54) is 10.5 Å². The molecule has 0 saturated carbocycles. The Labute approximate surface area is 121 Å². The maximum absolute atomic E-state index is 5.98. The fraction of sp³-hybridized carbons (Fsp3) is 0.231. The van der Waals surface area contributed by atoms with Gasteiger partial charge in [0.25, 0.3) is 0 Å². The summed E-state index contributed by atoms with van der Waals surface area (Å²) >= 11 is 13.6. The van der Waals surface area contributed by atoms with Crippen molar-refractivity contribution in [2.45, 2.75) is 24.5 Å². The molecule has 2 nitrogen and oxygen atoms in total. The second kappa shape index (κ2) is 5.91. The third kappa shape index (κ3) is 3.37. The number of nitrogens with zero attached hydrogens (tertiary/aromatic N) is 2. The molecule has 0 aliphatic rings. The van der Waals surface area contributed by atoms with E-state index in [9.17, 15) is 0 Å². The molecule has 0 atom stereocenters. The highest BCUT2D eigenvalue weighted by atomic mass is 35.5. The molecule has 18 heavy (non-hydrogen) atoms. The second-order valence-electron chi connectivity index (χ2n) is 3.95. The fourth-order valence-corrected chi connectivity index (χ4v) is 2.71. The molecule has 0 radical (unpaired) electrons. The van der Waals surface area contributed by atoms with Crippen LogP contribution in [0.4, 0.5) is 0 Å². The molecule has 0 amide bonds. The predicted molar refractivity (Wildman–Crippen MR) is 77.5 cm³/mol. The Balaban J connectivity index is 2.11. The first-order valence-electron chi connectivity index (χ1n) is 5.44. The molecular weight excluding hydrogens is 287 g/mol. The minimum absolute atomic E-state index is 0.426. The van der Waals surface area contributed by atoms with Gasteiger partial charge in [-0.05, 0) is 26.0 Å². The van der Waals surface area contributed by atoms with Crippen LogP contribution in [0.15, 0.2) is 29.2 Å². The smallest absolute Gasteiger partial charge is 0.142 e. The van der Waals surface area contributed by atoms with Crippen LogP contribution in [0.3, 0.4) is 0 Å². The molecule has 2 rings (SSSR count). The molecule has 5 heteroatoms. The average molecular weight is 299 g/mol. The number of thioether (sulfide) groups is 1. The van der Waals surface area contributed by atoms with E-state index in [1.807, 2.05) is 13.0 Å². The van der Waals surface area contributed by atoms with Crippen LogP contribution in [0.25, 0.3) is 0 Å². The lowest BCUT2D eigenvalue weighted by Crippen LogP contribution is -1.96. The van der Waals surface area contributed by atoms with Crippen LogP contribution in [0, 0.1) is 13.8 Å². The first kappa shape index (κ1) is 13.7. The van der Waals surface area contributed by atoms with Gasteiger partial charge >= 0.3 is 0 Å². The largest absolute Gasteiger partial charge is 0.220 e. The lowest BCUT2D eigenvalue weighted by molar-refractivity contribution is 1.01. The van der Waals surface area contributed by atoms with Crippen molar-refractivity contribution < 1.29 is 0 Å². The first-order chi connectivity index (χ1) is 8.56. The van der Waals surface area contributed by atoms with E-state index in [-0.39, 0.29) is 0 Å². The molecule has 0 aliphatic heterocycles. The molecule has 1 aromatic carbocycles. The molecule has 0 N–H and O–H groups in total. The van der Waals surface area contributed by atoms with Crippen LogP contribution in [0.5, 0.6) is 0 Å². The molecule has 1 aromatic heterocycles. The Morgan fingerprint density at radius 2 is 1.78 bits per heavy atom. The molecule has 2 aromatic rings. The van der Waals surface area contributed by atoms with E-state index < -0.39 is 0 Å². The maximum atomic E-state index is 5.98. The lowest BCUT2D eigenvalue weighted by Gasteiger charge is -2.05. The maximum Gasteiger partial charge on any atom is 0.142 e. The summed E-state index contributed by atoms with van der Waals surface area (Å²) in [5.74, 6) is 1.31. The van der Waals surface area contributed by atoms with Crippen LogP contribution in [0.2, 0.25) is 10.3 Å². The molecule has 1 heterocycles. The fourth-order valence-electron chi connectivity index (χ4n) is 1.42. The molecular formula is C13H12Cl2N2S. The zero-order valence-electron chi connectivity index (χ0n) is 10.1. The van der Waals surface area contributed by atoms with Crippen molar-refractivity contribution in [2.75, 3.05) is 0 Å². The van der Waals surface area contributed by atoms with Gasteiger partial charge in [0.2, 0.25) is 0 Å². The van der Waals surface area contributed by atoms with Gasteiger partial charge in [0, 0.05) is 10.5 Å². The zero-order chi connectivity index (χ0) is 13.1. The molecule has 0 fully saturated rings. The molecule has 0 unspecified atom stereocenters. The summed E-state index contributed by atoms with van der Waals surface area (Å²) in [7, 11) is 0. The van der Waals surface area contributed by atoms with Crippen molar-refractivity contribution in [3.05, 3.63) is 51.5 Å². The summed E-state index contributed by atoms with van der Waals surface area (Å²) < 4.78 is 0. The highest BCUT2D eigenvalue weighted by Crippen LogP contribution is 2.25. The Morgan fingerprint density at radius 1 is 1.11 bits per heavy atom. The van der Waals surface area contributed by atoms with Crippen LogP contribution < -0.4 is 0 Å². The van der Waals surface area contributed by atoms with Gasteiger partial charge in [0.1, 0.15) is 16.1 Å². The second-order valence-corrected chi connectivity index (χ2v) is 5.72. The standard InChI is InChI=1S/C13H12Cl2N2S/c1-8-4-3-5-10(6-8)18-7-11-16-12(14)9(2)13(15)17-11/h3-6H,7H2,1-2H3. The van der Waals surface area contributed by atoms with Gasteiger partial charge in [-0.25, -0.2) is 9.97 Å². The molecule has 0 saturated heterocycles. The average Bonchev–Trinajstić information content (AvgIpc) is 2.33. The van der Waals surface area contributed by atoms with E-state index >= 15 is 0 Å². The Bertz CT molecular complexity index is 550. The Morgan fingerprint density at radius 3 is 2.39 bits per heavy atom. The number of rotatable bonds is 3. The lowest BCUT2D eigenvalue weighted by atomic mass is 10.2. The highest BCUT2D eigenvalue weighted by molar-refractivity contribution is 7.98. The van der Waals surface area contributed by atoms with Gasteiger partial charge in [0.15, 0.2) is 0 Å². The van der Waals surface area contributed by atoms with Crippen molar-refractivity contribution in [1.82, 2.24) is 9.97 Å². The number of aryl methyl sites for hydroxylation is 1. The molecule has 0 bridgehead atoms. The van der Waals surface area contributed by atoms with Crippen molar-refractivity contribution in [3.8, 4) is 0 Å². The SMILES string of the molecule is Cc1cccc(SCc2nc(Cl)c(C)c(Cl)n2)c1. The monoisotopic (exact) mass is 298 g/mol. The van der Waals surface area contributed by atoms with Crippen molar-refractivity contribution in [1.29, 1.82) is 0 Å².